The molecule has 2 aromatic rings. The molecule has 0 unspecified atom stereocenters. The van der Waals surface area contributed by atoms with E-state index in [0.29, 0.717) is 30.3 Å². The third-order valence-electron chi connectivity index (χ3n) is 3.46. The third-order valence-corrected chi connectivity index (χ3v) is 4.40. The van der Waals surface area contributed by atoms with Crippen LogP contribution < -0.4 is 24.8 Å². The smallest absolute Gasteiger partial charge is 0.315 e. The zero-order chi connectivity index (χ0) is 17.4. The van der Waals surface area contributed by atoms with Gasteiger partial charge in [0.1, 0.15) is 5.75 Å². The van der Waals surface area contributed by atoms with E-state index < -0.39 is 0 Å². The summed E-state index contributed by atoms with van der Waals surface area (Å²) in [6.07, 6.45) is 0.824. The predicted octanol–water partition coefficient (Wildman–Crippen LogP) is 2.82. The number of ether oxygens (including phenoxy) is 3. The lowest BCUT2D eigenvalue weighted by Gasteiger charge is -2.14. The van der Waals surface area contributed by atoms with Crippen LogP contribution in [0.4, 0.5) is 4.79 Å². The van der Waals surface area contributed by atoms with Crippen molar-refractivity contribution in [3.8, 4) is 17.2 Å². The van der Waals surface area contributed by atoms with Crippen LogP contribution >= 0.6 is 11.3 Å². The Bertz CT molecular complexity index is 659. The fourth-order valence-electron chi connectivity index (χ4n) is 2.22. The van der Waals surface area contributed by atoms with Gasteiger partial charge in [-0.1, -0.05) is 6.07 Å². The molecule has 1 heterocycles. The highest BCUT2D eigenvalue weighted by Crippen LogP contribution is 2.34. The molecule has 0 aliphatic heterocycles. The van der Waals surface area contributed by atoms with Crippen molar-refractivity contribution in [3.63, 3.8) is 0 Å². The maximum absolute atomic E-state index is 11.9. The highest BCUT2D eigenvalue weighted by atomic mass is 32.1. The summed E-state index contributed by atoms with van der Waals surface area (Å²) in [6.45, 7) is 0.920. The number of thiophene rings is 1. The van der Waals surface area contributed by atoms with Crippen LogP contribution in [-0.4, -0.2) is 33.9 Å². The normalized spacial score (nSPS) is 10.1. The molecule has 6 nitrogen and oxygen atoms in total. The quantitative estimate of drug-likeness (QED) is 0.768. The molecular formula is C17H22N2O4S. The standard InChI is InChI=1S/C17H22N2O4S/c1-21-14-10-16(23-3)15(22-2)9-12(14)11-19-17(20)18-7-6-13-5-4-8-24-13/h4-5,8-10H,6-7,11H2,1-3H3,(H2,18,19,20). The van der Waals surface area contributed by atoms with E-state index in [2.05, 4.69) is 16.7 Å². The number of carbonyl (C=O) groups excluding carboxylic acids is 1. The fraction of sp³-hybridized carbons (Fsp3) is 0.353. The molecule has 0 aliphatic rings. The van der Waals surface area contributed by atoms with Gasteiger partial charge in [-0.2, -0.15) is 0 Å². The van der Waals surface area contributed by atoms with Crippen LogP contribution in [0.15, 0.2) is 29.6 Å². The molecule has 7 heteroatoms. The zero-order valence-electron chi connectivity index (χ0n) is 14.0. The Morgan fingerprint density at radius 2 is 1.75 bits per heavy atom. The molecule has 0 fully saturated rings. The average molecular weight is 350 g/mol. The van der Waals surface area contributed by atoms with Crippen LogP contribution in [0.5, 0.6) is 17.2 Å². The van der Waals surface area contributed by atoms with E-state index in [1.54, 1.807) is 44.8 Å². The molecule has 24 heavy (non-hydrogen) atoms. The molecule has 1 aromatic carbocycles. The van der Waals surface area contributed by atoms with Crippen LogP contribution in [0, 0.1) is 0 Å². The molecule has 2 amide bonds. The van der Waals surface area contributed by atoms with Crippen molar-refractivity contribution in [1.82, 2.24) is 10.6 Å². The number of methoxy groups -OCH3 is 3. The Balaban J connectivity index is 1.89. The minimum atomic E-state index is -0.219. The van der Waals surface area contributed by atoms with Crippen molar-refractivity contribution in [2.75, 3.05) is 27.9 Å². The van der Waals surface area contributed by atoms with Crippen LogP contribution in [0.25, 0.3) is 0 Å². The lowest BCUT2D eigenvalue weighted by molar-refractivity contribution is 0.240. The number of benzene rings is 1. The van der Waals surface area contributed by atoms with Gasteiger partial charge >= 0.3 is 6.03 Å². The van der Waals surface area contributed by atoms with E-state index in [1.165, 1.54) is 4.88 Å². The number of amides is 2. The monoisotopic (exact) mass is 350 g/mol. The second-order valence-electron chi connectivity index (χ2n) is 4.96. The van der Waals surface area contributed by atoms with Gasteiger partial charge in [-0.3, -0.25) is 0 Å². The van der Waals surface area contributed by atoms with Gasteiger partial charge in [-0.25, -0.2) is 4.79 Å². The summed E-state index contributed by atoms with van der Waals surface area (Å²) in [7, 11) is 4.71. The van der Waals surface area contributed by atoms with Crippen LogP contribution in [-0.2, 0) is 13.0 Å². The first-order valence-corrected chi connectivity index (χ1v) is 8.38. The topological polar surface area (TPSA) is 68.8 Å². The minimum Gasteiger partial charge on any atom is -0.496 e. The summed E-state index contributed by atoms with van der Waals surface area (Å²) >= 11 is 1.68. The summed E-state index contributed by atoms with van der Waals surface area (Å²) in [4.78, 5) is 13.2. The van der Waals surface area contributed by atoms with Crippen molar-refractivity contribution >= 4 is 17.4 Å². The molecule has 0 atom stereocenters. The van der Waals surface area contributed by atoms with E-state index in [4.69, 9.17) is 14.2 Å². The predicted molar refractivity (Wildman–Crippen MR) is 94.4 cm³/mol. The summed E-state index contributed by atoms with van der Waals surface area (Å²) in [6, 6.07) is 7.37. The van der Waals surface area contributed by atoms with Gasteiger partial charge < -0.3 is 24.8 Å². The van der Waals surface area contributed by atoms with Gasteiger partial charge in [0.25, 0.3) is 0 Å². The van der Waals surface area contributed by atoms with Gasteiger partial charge in [-0.05, 0) is 23.9 Å². The van der Waals surface area contributed by atoms with Crippen molar-refractivity contribution in [2.24, 2.45) is 0 Å². The highest BCUT2D eigenvalue weighted by molar-refractivity contribution is 7.09. The maximum atomic E-state index is 11.9. The zero-order valence-corrected chi connectivity index (χ0v) is 14.9. The second kappa shape index (κ2) is 9.02. The largest absolute Gasteiger partial charge is 0.496 e. The Labute approximate surface area is 145 Å². The Kier molecular flexibility index (Phi) is 6.74. The van der Waals surface area contributed by atoms with Crippen LogP contribution in [0.2, 0.25) is 0 Å². The molecule has 0 saturated heterocycles. The minimum absolute atomic E-state index is 0.219. The molecule has 0 radical (unpaired) electrons. The molecule has 1 aromatic heterocycles. The molecule has 2 rings (SSSR count). The van der Waals surface area contributed by atoms with Crippen molar-refractivity contribution in [1.29, 1.82) is 0 Å². The number of hydrogen-bond acceptors (Lipinski definition) is 5. The molecule has 2 N–H and O–H groups in total. The lowest BCUT2D eigenvalue weighted by atomic mass is 10.1. The second-order valence-corrected chi connectivity index (χ2v) is 5.99. The Hall–Kier alpha value is -2.41. The van der Waals surface area contributed by atoms with Crippen LogP contribution in [0.3, 0.4) is 0 Å². The van der Waals surface area contributed by atoms with Gasteiger partial charge in [0.2, 0.25) is 0 Å². The van der Waals surface area contributed by atoms with Crippen molar-refractivity contribution in [3.05, 3.63) is 40.1 Å². The summed E-state index contributed by atoms with van der Waals surface area (Å²) in [5, 5.41) is 7.69. The van der Waals surface area contributed by atoms with Gasteiger partial charge in [0.05, 0.1) is 21.3 Å². The van der Waals surface area contributed by atoms with Gasteiger partial charge in [0, 0.05) is 29.6 Å². The third kappa shape index (κ3) is 4.79. The van der Waals surface area contributed by atoms with Gasteiger partial charge in [-0.15, -0.1) is 11.3 Å². The number of carbonyl (C=O) groups is 1. The number of nitrogens with one attached hydrogen (secondary N) is 2. The SMILES string of the molecule is COc1cc(OC)c(OC)cc1CNC(=O)NCCc1cccs1. The van der Waals surface area contributed by atoms with E-state index in [0.717, 1.165) is 12.0 Å². The van der Waals surface area contributed by atoms with Crippen molar-refractivity contribution in [2.45, 2.75) is 13.0 Å². The summed E-state index contributed by atoms with van der Waals surface area (Å²) in [5.41, 5.74) is 0.809. The molecule has 0 bridgehead atoms. The summed E-state index contributed by atoms with van der Waals surface area (Å²) in [5.74, 6) is 1.80. The first kappa shape index (κ1) is 17.9. The molecule has 130 valence electrons. The number of hydrogen-bond donors (Lipinski definition) is 2. The molecule has 0 aliphatic carbocycles. The Morgan fingerprint density at radius 3 is 2.38 bits per heavy atom. The van der Waals surface area contributed by atoms with E-state index >= 15 is 0 Å². The molecule has 0 saturated carbocycles. The van der Waals surface area contributed by atoms with E-state index in [-0.39, 0.29) is 6.03 Å². The average Bonchev–Trinajstić information content (AvgIpc) is 3.12. The first-order valence-electron chi connectivity index (χ1n) is 7.51. The van der Waals surface area contributed by atoms with E-state index in [9.17, 15) is 4.79 Å². The lowest BCUT2D eigenvalue weighted by Crippen LogP contribution is -2.36. The molecule has 0 spiro atoms. The van der Waals surface area contributed by atoms with Crippen LogP contribution in [0.1, 0.15) is 10.4 Å². The molecular weight excluding hydrogens is 328 g/mol. The highest BCUT2D eigenvalue weighted by Gasteiger charge is 2.12. The Morgan fingerprint density at radius 1 is 1.04 bits per heavy atom. The van der Waals surface area contributed by atoms with Crippen molar-refractivity contribution < 1.29 is 19.0 Å². The first-order chi connectivity index (χ1) is 11.7. The van der Waals surface area contributed by atoms with E-state index in [1.807, 2.05) is 11.4 Å². The fourth-order valence-corrected chi connectivity index (χ4v) is 2.93. The van der Waals surface area contributed by atoms with Gasteiger partial charge in [0.15, 0.2) is 11.5 Å². The summed E-state index contributed by atoms with van der Waals surface area (Å²) < 4.78 is 15.9. The number of rotatable bonds is 8. The number of urea groups is 1. The maximum Gasteiger partial charge on any atom is 0.315 e.